The molecule has 2 aromatic rings. The van der Waals surface area contributed by atoms with Gasteiger partial charge in [-0.1, -0.05) is 54.1 Å². The van der Waals surface area contributed by atoms with Crippen LogP contribution in [0.1, 0.15) is 29.2 Å². The molecule has 0 heterocycles. The summed E-state index contributed by atoms with van der Waals surface area (Å²) in [5.74, 6) is 0. The Morgan fingerprint density at radius 1 is 1.05 bits per heavy atom. The summed E-state index contributed by atoms with van der Waals surface area (Å²) in [5.41, 5.74) is 3.14. The lowest BCUT2D eigenvalue weighted by Crippen LogP contribution is -2.29. The van der Waals surface area contributed by atoms with Crippen LogP contribution < -0.4 is 4.72 Å². The number of hydrogen-bond donors (Lipinski definition) is 1. The van der Waals surface area contributed by atoms with Crippen molar-refractivity contribution in [2.45, 2.75) is 24.3 Å². The van der Waals surface area contributed by atoms with E-state index in [1.54, 1.807) is 12.1 Å². The predicted octanol–water partition coefficient (Wildman–Crippen LogP) is 3.43. The summed E-state index contributed by atoms with van der Waals surface area (Å²) < 4.78 is 27.8. The standard InChI is InChI=1S/C17H17NO2S/c1-13-9-11-15(12-10-13)21(19,20)18-17-8-4-6-14-5-2-3-7-16(14)17/h2-7,9-12,17-18H,8H2,1H3/t17-/m1/s1. The van der Waals surface area contributed by atoms with Crippen molar-refractivity contribution in [1.82, 2.24) is 4.72 Å². The van der Waals surface area contributed by atoms with Gasteiger partial charge in [-0.15, -0.1) is 0 Å². The zero-order valence-corrected chi connectivity index (χ0v) is 12.6. The number of fused-ring (bicyclic) bond motifs is 1. The van der Waals surface area contributed by atoms with Crippen molar-refractivity contribution < 1.29 is 8.42 Å². The van der Waals surface area contributed by atoms with Crippen LogP contribution in [0.4, 0.5) is 0 Å². The first-order valence-electron chi connectivity index (χ1n) is 6.91. The van der Waals surface area contributed by atoms with E-state index in [9.17, 15) is 8.42 Å². The second-order valence-corrected chi connectivity index (χ2v) is 6.97. The summed E-state index contributed by atoms with van der Waals surface area (Å²) in [7, 11) is -3.50. The minimum absolute atomic E-state index is 0.211. The fourth-order valence-electron chi connectivity index (χ4n) is 2.52. The molecule has 1 N–H and O–H groups in total. The second kappa shape index (κ2) is 5.47. The Kier molecular flexibility index (Phi) is 3.66. The molecule has 21 heavy (non-hydrogen) atoms. The highest BCUT2D eigenvalue weighted by Gasteiger charge is 2.23. The van der Waals surface area contributed by atoms with E-state index in [0.717, 1.165) is 16.7 Å². The molecule has 4 heteroatoms. The fraction of sp³-hybridized carbons (Fsp3) is 0.176. The molecule has 108 valence electrons. The van der Waals surface area contributed by atoms with E-state index in [4.69, 9.17) is 0 Å². The van der Waals surface area contributed by atoms with Gasteiger partial charge < -0.3 is 0 Å². The summed E-state index contributed by atoms with van der Waals surface area (Å²) in [4.78, 5) is 0.306. The van der Waals surface area contributed by atoms with Crippen molar-refractivity contribution in [1.29, 1.82) is 0 Å². The smallest absolute Gasteiger partial charge is 0.207 e. The third kappa shape index (κ3) is 2.91. The van der Waals surface area contributed by atoms with E-state index in [1.807, 2.05) is 55.5 Å². The summed E-state index contributed by atoms with van der Waals surface area (Å²) in [6.07, 6.45) is 4.71. The van der Waals surface area contributed by atoms with Gasteiger partial charge in [0.15, 0.2) is 0 Å². The number of sulfonamides is 1. The van der Waals surface area contributed by atoms with E-state index < -0.39 is 10.0 Å². The summed E-state index contributed by atoms with van der Waals surface area (Å²) in [6, 6.07) is 14.6. The van der Waals surface area contributed by atoms with Crippen molar-refractivity contribution in [3.05, 3.63) is 71.3 Å². The van der Waals surface area contributed by atoms with Crippen LogP contribution in [-0.2, 0) is 10.0 Å². The minimum Gasteiger partial charge on any atom is -0.207 e. The topological polar surface area (TPSA) is 46.2 Å². The normalized spacial score (nSPS) is 17.5. The lowest BCUT2D eigenvalue weighted by molar-refractivity contribution is 0.556. The van der Waals surface area contributed by atoms with Crippen LogP contribution in [0.5, 0.6) is 0 Å². The maximum Gasteiger partial charge on any atom is 0.241 e. The second-order valence-electron chi connectivity index (χ2n) is 5.25. The molecule has 0 bridgehead atoms. The molecule has 0 aromatic heterocycles. The molecule has 0 fully saturated rings. The Morgan fingerprint density at radius 3 is 2.52 bits per heavy atom. The zero-order chi connectivity index (χ0) is 14.9. The van der Waals surface area contributed by atoms with Crippen molar-refractivity contribution in [2.75, 3.05) is 0 Å². The maximum atomic E-state index is 12.5. The summed E-state index contributed by atoms with van der Waals surface area (Å²) in [6.45, 7) is 1.94. The Balaban J connectivity index is 1.90. The van der Waals surface area contributed by atoms with E-state index in [2.05, 4.69) is 4.72 Å². The molecule has 0 aliphatic heterocycles. The fourth-order valence-corrected chi connectivity index (χ4v) is 3.75. The first kappa shape index (κ1) is 14.0. The van der Waals surface area contributed by atoms with Gasteiger partial charge in [0.05, 0.1) is 10.9 Å². The van der Waals surface area contributed by atoms with E-state index in [1.165, 1.54) is 0 Å². The van der Waals surface area contributed by atoms with Gasteiger partial charge in [0, 0.05) is 0 Å². The Morgan fingerprint density at radius 2 is 1.76 bits per heavy atom. The highest BCUT2D eigenvalue weighted by Crippen LogP contribution is 2.29. The molecule has 3 rings (SSSR count). The molecule has 0 saturated heterocycles. The Hall–Kier alpha value is -1.91. The van der Waals surface area contributed by atoms with Crippen molar-refractivity contribution in [2.24, 2.45) is 0 Å². The van der Waals surface area contributed by atoms with Gasteiger partial charge in [0.1, 0.15) is 0 Å². The lowest BCUT2D eigenvalue weighted by Gasteiger charge is -2.22. The zero-order valence-electron chi connectivity index (χ0n) is 11.8. The SMILES string of the molecule is Cc1ccc(S(=O)(=O)N[C@@H]2CC=Cc3ccccc32)cc1. The van der Waals surface area contributed by atoms with Crippen LogP contribution in [0, 0.1) is 6.92 Å². The van der Waals surface area contributed by atoms with Gasteiger partial charge in [-0.2, -0.15) is 0 Å². The molecule has 0 unspecified atom stereocenters. The van der Waals surface area contributed by atoms with Crippen molar-refractivity contribution in [3.63, 3.8) is 0 Å². The molecule has 0 spiro atoms. The van der Waals surface area contributed by atoms with E-state index in [-0.39, 0.29) is 6.04 Å². The van der Waals surface area contributed by atoms with Crippen LogP contribution >= 0.6 is 0 Å². The van der Waals surface area contributed by atoms with Crippen LogP contribution in [-0.4, -0.2) is 8.42 Å². The van der Waals surface area contributed by atoms with Gasteiger partial charge >= 0.3 is 0 Å². The van der Waals surface area contributed by atoms with Crippen LogP contribution in [0.2, 0.25) is 0 Å². The maximum absolute atomic E-state index is 12.5. The van der Waals surface area contributed by atoms with E-state index >= 15 is 0 Å². The molecular formula is C17H17NO2S. The quantitative estimate of drug-likeness (QED) is 0.943. The monoisotopic (exact) mass is 299 g/mol. The lowest BCUT2D eigenvalue weighted by atomic mass is 9.94. The first-order valence-corrected chi connectivity index (χ1v) is 8.39. The van der Waals surface area contributed by atoms with Crippen LogP contribution in [0.25, 0.3) is 6.08 Å². The highest BCUT2D eigenvalue weighted by atomic mass is 32.2. The molecule has 0 amide bonds. The van der Waals surface area contributed by atoms with Gasteiger partial charge in [-0.25, -0.2) is 13.1 Å². The molecule has 0 radical (unpaired) electrons. The summed E-state index contributed by atoms with van der Waals surface area (Å²) >= 11 is 0. The van der Waals surface area contributed by atoms with Crippen LogP contribution in [0.15, 0.2) is 59.5 Å². The molecule has 2 aromatic carbocycles. The predicted molar refractivity (Wildman–Crippen MR) is 84.3 cm³/mol. The number of nitrogens with one attached hydrogen (secondary N) is 1. The van der Waals surface area contributed by atoms with Crippen molar-refractivity contribution >= 4 is 16.1 Å². The number of hydrogen-bond acceptors (Lipinski definition) is 2. The summed E-state index contributed by atoms with van der Waals surface area (Å²) in [5, 5.41) is 0. The number of rotatable bonds is 3. The molecule has 1 atom stereocenters. The van der Waals surface area contributed by atoms with Crippen LogP contribution in [0.3, 0.4) is 0 Å². The number of aryl methyl sites for hydroxylation is 1. The van der Waals surface area contributed by atoms with Gasteiger partial charge in [-0.05, 0) is 36.6 Å². The largest absolute Gasteiger partial charge is 0.241 e. The molecule has 1 aliphatic carbocycles. The van der Waals surface area contributed by atoms with Gasteiger partial charge in [-0.3, -0.25) is 0 Å². The van der Waals surface area contributed by atoms with E-state index in [0.29, 0.717) is 11.3 Å². The van der Waals surface area contributed by atoms with Gasteiger partial charge in [0.2, 0.25) is 10.0 Å². The Bertz CT molecular complexity index is 777. The minimum atomic E-state index is -3.50. The molecule has 1 aliphatic rings. The highest BCUT2D eigenvalue weighted by molar-refractivity contribution is 7.89. The van der Waals surface area contributed by atoms with Gasteiger partial charge in [0.25, 0.3) is 0 Å². The molecular weight excluding hydrogens is 282 g/mol. The number of benzene rings is 2. The average molecular weight is 299 g/mol. The van der Waals surface area contributed by atoms with Crippen molar-refractivity contribution in [3.8, 4) is 0 Å². The first-order chi connectivity index (χ1) is 10.1. The third-order valence-electron chi connectivity index (χ3n) is 3.67. The molecule has 0 saturated carbocycles. The Labute approximate surface area is 125 Å². The third-order valence-corrected chi connectivity index (χ3v) is 5.16. The average Bonchev–Trinajstić information content (AvgIpc) is 2.48. The molecule has 3 nitrogen and oxygen atoms in total.